The molecule has 0 aromatic heterocycles. The summed E-state index contributed by atoms with van der Waals surface area (Å²) in [5.74, 6) is 0.188. The predicted octanol–water partition coefficient (Wildman–Crippen LogP) is 2.36. The van der Waals surface area contributed by atoms with Crippen molar-refractivity contribution >= 4 is 21.6 Å². The maximum Gasteiger partial charge on any atom is 0.211 e. The molecule has 0 amide bonds. The number of alkyl halides is 1. The van der Waals surface area contributed by atoms with E-state index in [2.05, 4.69) is 4.72 Å². The molecule has 1 N–H and O–H groups in total. The van der Waals surface area contributed by atoms with Gasteiger partial charge in [-0.25, -0.2) is 13.1 Å². The smallest absolute Gasteiger partial charge is 0.211 e. The first-order valence-corrected chi connectivity index (χ1v) is 7.33. The lowest BCUT2D eigenvalue weighted by Crippen LogP contribution is -2.30. The molecular formula is C10H22ClNO2S. The van der Waals surface area contributed by atoms with Gasteiger partial charge in [-0.3, -0.25) is 0 Å². The van der Waals surface area contributed by atoms with Gasteiger partial charge in [0.05, 0.1) is 5.75 Å². The minimum atomic E-state index is -3.12. The van der Waals surface area contributed by atoms with E-state index in [1.165, 1.54) is 0 Å². The van der Waals surface area contributed by atoms with E-state index in [9.17, 15) is 8.42 Å². The Morgan fingerprint density at radius 3 is 2.27 bits per heavy atom. The molecular weight excluding hydrogens is 234 g/mol. The van der Waals surface area contributed by atoms with E-state index in [0.717, 1.165) is 0 Å². The van der Waals surface area contributed by atoms with E-state index in [-0.39, 0.29) is 16.5 Å². The van der Waals surface area contributed by atoms with Gasteiger partial charge in [0, 0.05) is 11.9 Å². The molecule has 0 aliphatic carbocycles. The second kappa shape index (κ2) is 6.06. The molecule has 0 radical (unpaired) electrons. The van der Waals surface area contributed by atoms with Crippen molar-refractivity contribution in [3.8, 4) is 0 Å². The molecule has 1 atom stereocenters. The molecule has 0 aromatic carbocycles. The summed E-state index contributed by atoms with van der Waals surface area (Å²) in [6, 6.07) is 0. The van der Waals surface area contributed by atoms with Crippen LogP contribution in [0, 0.1) is 5.41 Å². The van der Waals surface area contributed by atoms with Crippen LogP contribution in [0.4, 0.5) is 0 Å². The standard InChI is InChI=1S/C10H22ClNO2S/c1-9(11)5-7-12-15(13,14)8-6-10(2,3)4/h9,12H,5-8H2,1-4H3. The lowest BCUT2D eigenvalue weighted by molar-refractivity contribution is 0.396. The maximum atomic E-state index is 11.5. The highest BCUT2D eigenvalue weighted by molar-refractivity contribution is 7.89. The van der Waals surface area contributed by atoms with Crippen LogP contribution in [0.5, 0.6) is 0 Å². The van der Waals surface area contributed by atoms with Gasteiger partial charge in [0.25, 0.3) is 0 Å². The van der Waals surface area contributed by atoms with Gasteiger partial charge in [0.2, 0.25) is 10.0 Å². The lowest BCUT2D eigenvalue weighted by Gasteiger charge is -2.17. The van der Waals surface area contributed by atoms with Gasteiger partial charge in [-0.2, -0.15) is 0 Å². The Hall–Kier alpha value is 0.200. The van der Waals surface area contributed by atoms with Crippen LogP contribution >= 0.6 is 11.6 Å². The van der Waals surface area contributed by atoms with Crippen molar-refractivity contribution < 1.29 is 8.42 Å². The van der Waals surface area contributed by atoms with Crippen LogP contribution in [0.2, 0.25) is 0 Å². The van der Waals surface area contributed by atoms with E-state index in [0.29, 0.717) is 19.4 Å². The van der Waals surface area contributed by atoms with Gasteiger partial charge >= 0.3 is 0 Å². The topological polar surface area (TPSA) is 46.2 Å². The summed E-state index contributed by atoms with van der Waals surface area (Å²) >= 11 is 5.72. The van der Waals surface area contributed by atoms with Crippen molar-refractivity contribution in [2.45, 2.75) is 45.9 Å². The molecule has 0 aromatic rings. The Morgan fingerprint density at radius 1 is 1.33 bits per heavy atom. The maximum absolute atomic E-state index is 11.5. The minimum Gasteiger partial charge on any atom is -0.215 e. The quantitative estimate of drug-likeness (QED) is 0.741. The second-order valence-electron chi connectivity index (χ2n) is 5.09. The van der Waals surface area contributed by atoms with Crippen LogP contribution in [-0.2, 0) is 10.0 Å². The summed E-state index contributed by atoms with van der Waals surface area (Å²) in [5.41, 5.74) is 0.0501. The summed E-state index contributed by atoms with van der Waals surface area (Å²) in [4.78, 5) is 0. The second-order valence-corrected chi connectivity index (χ2v) is 7.76. The fourth-order valence-electron chi connectivity index (χ4n) is 0.926. The van der Waals surface area contributed by atoms with Crippen LogP contribution in [0.3, 0.4) is 0 Å². The zero-order valence-corrected chi connectivity index (χ0v) is 11.6. The number of hydrogen-bond acceptors (Lipinski definition) is 2. The highest BCUT2D eigenvalue weighted by Gasteiger charge is 2.16. The van der Waals surface area contributed by atoms with Crippen LogP contribution in [0.1, 0.15) is 40.5 Å². The van der Waals surface area contributed by atoms with Gasteiger partial charge in [0.15, 0.2) is 0 Å². The lowest BCUT2D eigenvalue weighted by atomic mass is 9.94. The Kier molecular flexibility index (Phi) is 6.14. The monoisotopic (exact) mass is 255 g/mol. The molecule has 5 heteroatoms. The minimum absolute atomic E-state index is 0.00955. The average Bonchev–Trinajstić information content (AvgIpc) is 1.99. The summed E-state index contributed by atoms with van der Waals surface area (Å²) in [6.07, 6.45) is 1.33. The first kappa shape index (κ1) is 15.2. The third-order valence-electron chi connectivity index (χ3n) is 1.98. The van der Waals surface area contributed by atoms with Crippen LogP contribution in [-0.4, -0.2) is 26.1 Å². The molecule has 0 fully saturated rings. The summed E-state index contributed by atoms with van der Waals surface area (Å²) in [5, 5.41) is 0.00955. The fraction of sp³-hybridized carbons (Fsp3) is 1.00. The normalized spacial score (nSPS) is 15.3. The Morgan fingerprint density at radius 2 is 1.87 bits per heavy atom. The third-order valence-corrected chi connectivity index (χ3v) is 3.59. The van der Waals surface area contributed by atoms with Gasteiger partial charge in [-0.05, 0) is 25.2 Å². The highest BCUT2D eigenvalue weighted by Crippen LogP contribution is 2.18. The molecule has 1 unspecified atom stereocenters. The SMILES string of the molecule is CC(Cl)CCNS(=O)(=O)CCC(C)(C)C. The van der Waals surface area contributed by atoms with Gasteiger partial charge in [0.1, 0.15) is 0 Å². The predicted molar refractivity (Wildman–Crippen MR) is 65.8 cm³/mol. The molecule has 92 valence electrons. The summed E-state index contributed by atoms with van der Waals surface area (Å²) in [7, 11) is -3.12. The molecule has 0 saturated heterocycles. The van der Waals surface area contributed by atoms with Gasteiger partial charge < -0.3 is 0 Å². The number of hydrogen-bond donors (Lipinski definition) is 1. The zero-order chi connectivity index (χ0) is 12.1. The van der Waals surface area contributed by atoms with Crippen molar-refractivity contribution in [1.29, 1.82) is 0 Å². The molecule has 0 saturated carbocycles. The number of sulfonamides is 1. The first-order valence-electron chi connectivity index (χ1n) is 5.24. The first-order chi connectivity index (χ1) is 6.62. The molecule has 3 nitrogen and oxygen atoms in total. The molecule has 0 aliphatic heterocycles. The van der Waals surface area contributed by atoms with Crippen LogP contribution in [0.25, 0.3) is 0 Å². The fourth-order valence-corrected chi connectivity index (χ4v) is 2.49. The van der Waals surface area contributed by atoms with Crippen molar-refractivity contribution in [2.75, 3.05) is 12.3 Å². The molecule has 0 heterocycles. The van der Waals surface area contributed by atoms with E-state index < -0.39 is 10.0 Å². The molecule has 0 bridgehead atoms. The summed E-state index contributed by atoms with van der Waals surface area (Å²) in [6.45, 7) is 8.37. The third kappa shape index (κ3) is 10.5. The number of rotatable bonds is 6. The van der Waals surface area contributed by atoms with Crippen molar-refractivity contribution in [3.63, 3.8) is 0 Å². The van der Waals surface area contributed by atoms with Gasteiger partial charge in [-0.15, -0.1) is 11.6 Å². The van der Waals surface area contributed by atoms with Crippen LogP contribution < -0.4 is 4.72 Å². The number of halogens is 1. The van der Waals surface area contributed by atoms with E-state index >= 15 is 0 Å². The van der Waals surface area contributed by atoms with E-state index in [1.54, 1.807) is 0 Å². The largest absolute Gasteiger partial charge is 0.215 e. The zero-order valence-electron chi connectivity index (χ0n) is 10.0. The van der Waals surface area contributed by atoms with E-state index in [1.807, 2.05) is 27.7 Å². The molecule has 0 spiro atoms. The van der Waals surface area contributed by atoms with Crippen molar-refractivity contribution in [2.24, 2.45) is 5.41 Å². The van der Waals surface area contributed by atoms with Crippen molar-refractivity contribution in [1.82, 2.24) is 4.72 Å². The van der Waals surface area contributed by atoms with Crippen molar-refractivity contribution in [3.05, 3.63) is 0 Å². The molecule has 0 rings (SSSR count). The Labute approximate surface area is 98.6 Å². The Balaban J connectivity index is 3.89. The molecule has 15 heavy (non-hydrogen) atoms. The summed E-state index contributed by atoms with van der Waals surface area (Å²) < 4.78 is 25.6. The van der Waals surface area contributed by atoms with Crippen LogP contribution in [0.15, 0.2) is 0 Å². The highest BCUT2D eigenvalue weighted by atomic mass is 35.5. The van der Waals surface area contributed by atoms with Gasteiger partial charge in [-0.1, -0.05) is 20.8 Å². The van der Waals surface area contributed by atoms with E-state index in [4.69, 9.17) is 11.6 Å². The molecule has 0 aliphatic rings. The number of nitrogens with one attached hydrogen (secondary N) is 1. The average molecular weight is 256 g/mol. The Bertz CT molecular complexity index is 268.